The van der Waals surface area contributed by atoms with Crippen LogP contribution in [-0.4, -0.2) is 15.6 Å². The van der Waals surface area contributed by atoms with Gasteiger partial charge in [-0.1, -0.05) is 6.42 Å². The molecule has 3 heteroatoms. The van der Waals surface area contributed by atoms with Gasteiger partial charge in [-0.15, -0.1) is 0 Å². The topological polar surface area (TPSA) is 33.0 Å². The van der Waals surface area contributed by atoms with Crippen molar-refractivity contribution in [3.05, 3.63) is 0 Å². The molecular weight excluding hydrogens is 142 g/mol. The first kappa shape index (κ1) is 7.77. The molecular formula is C7H13NOSi. The summed E-state index contributed by atoms with van der Waals surface area (Å²) in [6.45, 7) is 2.89. The fourth-order valence-electron chi connectivity index (χ4n) is 1.24. The predicted octanol–water partition coefficient (Wildman–Crippen LogP) is 1.43. The van der Waals surface area contributed by atoms with Crippen LogP contribution in [-0.2, 0) is 4.43 Å². The molecule has 0 amide bonds. The van der Waals surface area contributed by atoms with Crippen LogP contribution in [0.4, 0.5) is 0 Å². The van der Waals surface area contributed by atoms with E-state index in [1.807, 2.05) is 6.92 Å². The van der Waals surface area contributed by atoms with E-state index in [4.69, 9.17) is 9.69 Å². The lowest BCUT2D eigenvalue weighted by molar-refractivity contribution is 0.284. The van der Waals surface area contributed by atoms with Gasteiger partial charge >= 0.3 is 0 Å². The Bertz CT molecular complexity index is 137. The SMILES string of the molecule is CC(C#N)[SiH]1CCCCO1. The molecule has 1 heterocycles. The predicted molar refractivity (Wildman–Crippen MR) is 42.2 cm³/mol. The van der Waals surface area contributed by atoms with E-state index in [9.17, 15) is 0 Å². The molecule has 2 unspecified atom stereocenters. The van der Waals surface area contributed by atoms with E-state index in [1.165, 1.54) is 18.9 Å². The highest BCUT2D eigenvalue weighted by Crippen LogP contribution is 2.20. The minimum absolute atomic E-state index is 0.209. The minimum Gasteiger partial charge on any atom is -0.419 e. The van der Waals surface area contributed by atoms with E-state index >= 15 is 0 Å². The summed E-state index contributed by atoms with van der Waals surface area (Å²) < 4.78 is 5.55. The van der Waals surface area contributed by atoms with Crippen LogP contribution in [0.1, 0.15) is 19.8 Å². The molecule has 0 spiro atoms. The Hall–Kier alpha value is -0.333. The molecule has 1 fully saturated rings. The Labute approximate surface area is 63.5 Å². The number of hydrogen-bond acceptors (Lipinski definition) is 2. The molecule has 0 saturated carbocycles. The van der Waals surface area contributed by atoms with Crippen LogP contribution in [0, 0.1) is 11.3 Å². The van der Waals surface area contributed by atoms with Crippen LogP contribution in [0.2, 0.25) is 11.6 Å². The van der Waals surface area contributed by atoms with Gasteiger partial charge in [-0.2, -0.15) is 5.26 Å². The lowest BCUT2D eigenvalue weighted by Crippen LogP contribution is -2.26. The lowest BCUT2D eigenvalue weighted by atomic mass is 10.4. The Balaban J connectivity index is 2.33. The van der Waals surface area contributed by atoms with Crippen LogP contribution in [0.5, 0.6) is 0 Å². The summed E-state index contributed by atoms with van der Waals surface area (Å²) in [6.07, 6.45) is 2.48. The average molecular weight is 155 g/mol. The van der Waals surface area contributed by atoms with Gasteiger partial charge in [0, 0.05) is 6.61 Å². The molecule has 0 aromatic rings. The Morgan fingerprint density at radius 1 is 1.60 bits per heavy atom. The number of hydrogen-bond donors (Lipinski definition) is 0. The summed E-state index contributed by atoms with van der Waals surface area (Å²) in [5.74, 6) is 0. The summed E-state index contributed by atoms with van der Waals surface area (Å²) in [5.41, 5.74) is 0.209. The van der Waals surface area contributed by atoms with E-state index < -0.39 is 9.04 Å². The van der Waals surface area contributed by atoms with Gasteiger partial charge in [0.1, 0.15) is 0 Å². The van der Waals surface area contributed by atoms with Gasteiger partial charge < -0.3 is 4.43 Å². The van der Waals surface area contributed by atoms with Crippen molar-refractivity contribution in [2.75, 3.05) is 6.61 Å². The van der Waals surface area contributed by atoms with Crippen LogP contribution in [0.3, 0.4) is 0 Å². The Kier molecular flexibility index (Phi) is 2.91. The first-order valence-corrected chi connectivity index (χ1v) is 5.81. The number of nitriles is 1. The molecule has 1 aliphatic heterocycles. The third-order valence-electron chi connectivity index (χ3n) is 1.98. The highest BCUT2D eigenvalue weighted by Gasteiger charge is 2.22. The standard InChI is InChI=1S/C7H13NOSi/c1-7(6-8)10-5-3-2-4-9-10/h7,10H,2-5H2,1H3. The van der Waals surface area contributed by atoms with Crippen LogP contribution in [0.15, 0.2) is 0 Å². The zero-order valence-electron chi connectivity index (χ0n) is 6.34. The van der Waals surface area contributed by atoms with Crippen molar-refractivity contribution in [1.29, 1.82) is 5.26 Å². The maximum absolute atomic E-state index is 8.59. The monoisotopic (exact) mass is 155 g/mol. The first-order valence-electron chi connectivity index (χ1n) is 3.86. The fourth-order valence-corrected chi connectivity index (χ4v) is 3.53. The lowest BCUT2D eigenvalue weighted by Gasteiger charge is -2.22. The average Bonchev–Trinajstić information content (AvgIpc) is 2.05. The van der Waals surface area contributed by atoms with Gasteiger partial charge in [0.25, 0.3) is 0 Å². The molecule has 10 heavy (non-hydrogen) atoms. The zero-order chi connectivity index (χ0) is 7.40. The summed E-state index contributed by atoms with van der Waals surface area (Å²) in [7, 11) is -1.08. The van der Waals surface area contributed by atoms with Crippen LogP contribution in [0.25, 0.3) is 0 Å². The summed E-state index contributed by atoms with van der Waals surface area (Å²) in [6, 6.07) is 3.47. The number of rotatable bonds is 1. The fraction of sp³-hybridized carbons (Fsp3) is 0.857. The molecule has 0 aromatic heterocycles. The molecule has 0 N–H and O–H groups in total. The minimum atomic E-state index is -1.08. The normalized spacial score (nSPS) is 29.0. The van der Waals surface area contributed by atoms with Crippen LogP contribution < -0.4 is 0 Å². The highest BCUT2D eigenvalue weighted by molar-refractivity contribution is 6.54. The van der Waals surface area contributed by atoms with E-state index in [2.05, 4.69) is 6.07 Å². The molecule has 1 saturated heterocycles. The maximum Gasteiger partial charge on any atom is 0.193 e. The third-order valence-corrected chi connectivity index (χ3v) is 4.88. The second-order valence-corrected chi connectivity index (χ2v) is 5.81. The first-order chi connectivity index (χ1) is 4.84. The molecule has 0 aliphatic carbocycles. The van der Waals surface area contributed by atoms with E-state index in [0.29, 0.717) is 0 Å². The molecule has 2 atom stereocenters. The van der Waals surface area contributed by atoms with Gasteiger partial charge in [0.05, 0.1) is 11.6 Å². The molecule has 1 rings (SSSR count). The van der Waals surface area contributed by atoms with E-state index in [0.717, 1.165) is 6.61 Å². The van der Waals surface area contributed by atoms with Crippen molar-refractivity contribution >= 4 is 9.04 Å². The molecule has 2 nitrogen and oxygen atoms in total. The molecule has 0 radical (unpaired) electrons. The van der Waals surface area contributed by atoms with E-state index in [-0.39, 0.29) is 5.54 Å². The molecule has 0 aromatic carbocycles. The van der Waals surface area contributed by atoms with Crippen molar-refractivity contribution in [2.24, 2.45) is 0 Å². The summed E-state index contributed by atoms with van der Waals surface area (Å²) >= 11 is 0. The quantitative estimate of drug-likeness (QED) is 0.537. The van der Waals surface area contributed by atoms with Gasteiger partial charge in [-0.3, -0.25) is 0 Å². The van der Waals surface area contributed by atoms with Crippen molar-refractivity contribution in [1.82, 2.24) is 0 Å². The molecule has 56 valence electrons. The van der Waals surface area contributed by atoms with E-state index in [1.54, 1.807) is 0 Å². The van der Waals surface area contributed by atoms with Crippen molar-refractivity contribution in [3.63, 3.8) is 0 Å². The molecule has 1 aliphatic rings. The van der Waals surface area contributed by atoms with Crippen molar-refractivity contribution in [2.45, 2.75) is 31.4 Å². The molecule has 0 bridgehead atoms. The van der Waals surface area contributed by atoms with Gasteiger partial charge in [0.15, 0.2) is 9.04 Å². The van der Waals surface area contributed by atoms with Gasteiger partial charge in [-0.25, -0.2) is 0 Å². The summed E-state index contributed by atoms with van der Waals surface area (Å²) in [5, 5.41) is 8.59. The smallest absolute Gasteiger partial charge is 0.193 e. The Morgan fingerprint density at radius 3 is 2.90 bits per heavy atom. The largest absolute Gasteiger partial charge is 0.419 e. The summed E-state index contributed by atoms with van der Waals surface area (Å²) in [4.78, 5) is 0. The second-order valence-electron chi connectivity index (χ2n) is 2.82. The van der Waals surface area contributed by atoms with Gasteiger partial charge in [0.2, 0.25) is 0 Å². The number of nitrogens with zero attached hydrogens (tertiary/aromatic N) is 1. The maximum atomic E-state index is 8.59. The van der Waals surface area contributed by atoms with Gasteiger partial charge in [-0.05, 0) is 19.4 Å². The van der Waals surface area contributed by atoms with Crippen LogP contribution >= 0.6 is 0 Å². The van der Waals surface area contributed by atoms with Crippen molar-refractivity contribution < 1.29 is 4.43 Å². The third kappa shape index (κ3) is 1.82. The second kappa shape index (κ2) is 3.74. The zero-order valence-corrected chi connectivity index (χ0v) is 7.49. The highest BCUT2D eigenvalue weighted by atomic mass is 28.3. The Morgan fingerprint density at radius 2 is 2.40 bits per heavy atom. The van der Waals surface area contributed by atoms with Crippen molar-refractivity contribution in [3.8, 4) is 6.07 Å².